The van der Waals surface area contributed by atoms with Gasteiger partial charge in [-0.15, -0.1) is 0 Å². The summed E-state index contributed by atoms with van der Waals surface area (Å²) in [6, 6.07) is 8.99. The molecule has 0 radical (unpaired) electrons. The molecule has 0 saturated heterocycles. The van der Waals surface area contributed by atoms with Crippen molar-refractivity contribution in [3.8, 4) is 5.75 Å². The smallest absolute Gasteiger partial charge is 0.172 e. The first-order valence-corrected chi connectivity index (χ1v) is 6.30. The van der Waals surface area contributed by atoms with Gasteiger partial charge in [0.1, 0.15) is 5.75 Å². The van der Waals surface area contributed by atoms with Gasteiger partial charge in [-0.05, 0) is 30.3 Å². The first-order valence-electron chi connectivity index (χ1n) is 5.92. The highest BCUT2D eigenvalue weighted by Crippen LogP contribution is 2.30. The van der Waals surface area contributed by atoms with Crippen molar-refractivity contribution in [2.45, 2.75) is 6.04 Å². The molecule has 1 atom stereocenters. The number of aromatic amines is 1. The van der Waals surface area contributed by atoms with Crippen molar-refractivity contribution < 1.29 is 10.1 Å². The minimum atomic E-state index is 0.0471. The van der Waals surface area contributed by atoms with Crippen LogP contribution in [0.5, 0.6) is 5.75 Å². The van der Waals surface area contributed by atoms with E-state index in [0.717, 1.165) is 11.3 Å². The Morgan fingerprint density at radius 1 is 1.26 bits per heavy atom. The van der Waals surface area contributed by atoms with Gasteiger partial charge in [0.15, 0.2) is 12.4 Å². The number of pyridine rings is 1. The van der Waals surface area contributed by atoms with Crippen LogP contribution in [0.4, 0.5) is 0 Å². The van der Waals surface area contributed by atoms with Crippen molar-refractivity contribution in [2.75, 3.05) is 0 Å². The zero-order valence-corrected chi connectivity index (χ0v) is 10.8. The molecule has 0 bridgehead atoms. The van der Waals surface area contributed by atoms with Crippen molar-refractivity contribution in [3.05, 3.63) is 65.0 Å². The Balaban J connectivity index is 1.93. The molecule has 4 nitrogen and oxygen atoms in total. The molecule has 1 aromatic heterocycles. The van der Waals surface area contributed by atoms with Crippen LogP contribution in [0.1, 0.15) is 17.2 Å². The van der Waals surface area contributed by atoms with Crippen LogP contribution in [-0.2, 0) is 0 Å². The molecule has 5 heteroatoms. The fraction of sp³-hybridized carbons (Fsp3) is 0.0714. The van der Waals surface area contributed by atoms with Crippen LogP contribution < -0.4 is 15.8 Å². The second-order valence-corrected chi connectivity index (χ2v) is 4.76. The average Bonchev–Trinajstić information content (AvgIpc) is 2.92. The van der Waals surface area contributed by atoms with Crippen molar-refractivity contribution in [1.82, 2.24) is 10.9 Å². The minimum absolute atomic E-state index is 0.0471. The molecular formula is C14H13ClN3O+. The van der Waals surface area contributed by atoms with Gasteiger partial charge >= 0.3 is 0 Å². The van der Waals surface area contributed by atoms with Gasteiger partial charge in [0.25, 0.3) is 0 Å². The van der Waals surface area contributed by atoms with Gasteiger partial charge in [0, 0.05) is 22.2 Å². The third-order valence-electron chi connectivity index (χ3n) is 3.03. The first kappa shape index (κ1) is 12.0. The molecule has 0 spiro atoms. The Morgan fingerprint density at radius 3 is 2.95 bits per heavy atom. The summed E-state index contributed by atoms with van der Waals surface area (Å²) < 4.78 is 0. The van der Waals surface area contributed by atoms with Gasteiger partial charge < -0.3 is 10.5 Å². The molecule has 0 aliphatic carbocycles. The molecular weight excluding hydrogens is 262 g/mol. The van der Waals surface area contributed by atoms with Crippen molar-refractivity contribution in [1.29, 1.82) is 0 Å². The number of phenolic OH excluding ortho intramolecular Hbond substituents is 1. The summed E-state index contributed by atoms with van der Waals surface area (Å²) in [6.07, 6.45) is 5.80. The Kier molecular flexibility index (Phi) is 3.11. The summed E-state index contributed by atoms with van der Waals surface area (Å²) in [5.74, 6) is 0.199. The summed E-state index contributed by atoms with van der Waals surface area (Å²) in [7, 11) is 0. The lowest BCUT2D eigenvalue weighted by Crippen LogP contribution is -2.26. The van der Waals surface area contributed by atoms with E-state index in [1.165, 1.54) is 0 Å². The molecule has 1 unspecified atom stereocenters. The molecule has 1 aliphatic heterocycles. The third-order valence-corrected chi connectivity index (χ3v) is 3.27. The predicted molar refractivity (Wildman–Crippen MR) is 73.1 cm³/mol. The van der Waals surface area contributed by atoms with Crippen LogP contribution in [0.15, 0.2) is 48.8 Å². The predicted octanol–water partition coefficient (Wildman–Crippen LogP) is 2.05. The second kappa shape index (κ2) is 4.91. The van der Waals surface area contributed by atoms with Crippen molar-refractivity contribution in [2.24, 2.45) is 0 Å². The number of nitrogens with one attached hydrogen (secondary N) is 3. The van der Waals surface area contributed by atoms with Crippen LogP contribution in [0, 0.1) is 0 Å². The number of rotatable bonds is 2. The molecule has 0 fully saturated rings. The molecule has 1 aliphatic rings. The van der Waals surface area contributed by atoms with Gasteiger partial charge in [0.2, 0.25) is 0 Å². The van der Waals surface area contributed by atoms with Crippen LogP contribution in [0.3, 0.4) is 0 Å². The SMILES string of the molecule is Oc1ccc(Cl)cc1C1=CC(c2ccc[nH+]c2)NN1. The number of benzene rings is 1. The summed E-state index contributed by atoms with van der Waals surface area (Å²) in [5.41, 5.74) is 8.82. The number of halogens is 1. The zero-order valence-electron chi connectivity index (χ0n) is 10.0. The first-order chi connectivity index (χ1) is 9.24. The molecule has 3 rings (SSSR count). The van der Waals surface area contributed by atoms with Crippen molar-refractivity contribution in [3.63, 3.8) is 0 Å². The van der Waals surface area contributed by atoms with E-state index in [2.05, 4.69) is 15.8 Å². The quantitative estimate of drug-likeness (QED) is 0.786. The number of hydrogen-bond donors (Lipinski definition) is 3. The van der Waals surface area contributed by atoms with Gasteiger partial charge in [-0.25, -0.2) is 10.4 Å². The summed E-state index contributed by atoms with van der Waals surface area (Å²) in [5, 5.41) is 10.5. The van der Waals surface area contributed by atoms with Gasteiger partial charge in [0.05, 0.1) is 11.7 Å². The maximum atomic E-state index is 9.88. The van der Waals surface area contributed by atoms with E-state index in [1.54, 1.807) is 18.2 Å². The van der Waals surface area contributed by atoms with E-state index < -0.39 is 0 Å². The van der Waals surface area contributed by atoms with E-state index in [1.807, 2.05) is 30.6 Å². The highest BCUT2D eigenvalue weighted by atomic mass is 35.5. The normalized spacial score (nSPS) is 17.9. The molecule has 19 heavy (non-hydrogen) atoms. The summed E-state index contributed by atoms with van der Waals surface area (Å²) in [4.78, 5) is 3.05. The number of phenols is 1. The maximum absolute atomic E-state index is 9.88. The number of hydrogen-bond acceptors (Lipinski definition) is 3. The standard InChI is InChI=1S/C14H12ClN3O/c15-10-3-4-14(19)11(6-10)13-7-12(17-18-13)9-2-1-5-16-8-9/h1-8,12,17-19H/p+1. The highest BCUT2D eigenvalue weighted by Gasteiger charge is 2.20. The van der Waals surface area contributed by atoms with Gasteiger partial charge in [-0.2, -0.15) is 0 Å². The van der Waals surface area contributed by atoms with Crippen molar-refractivity contribution >= 4 is 17.3 Å². The molecule has 0 amide bonds. The van der Waals surface area contributed by atoms with E-state index in [4.69, 9.17) is 11.6 Å². The Labute approximate surface area is 115 Å². The molecule has 2 heterocycles. The molecule has 4 N–H and O–H groups in total. The lowest BCUT2D eigenvalue weighted by Gasteiger charge is -2.08. The minimum Gasteiger partial charge on any atom is -0.507 e. The van der Waals surface area contributed by atoms with Crippen LogP contribution >= 0.6 is 11.6 Å². The average molecular weight is 275 g/mol. The lowest BCUT2D eigenvalue weighted by molar-refractivity contribution is -0.378. The lowest BCUT2D eigenvalue weighted by atomic mass is 10.1. The highest BCUT2D eigenvalue weighted by molar-refractivity contribution is 6.30. The number of hydrazine groups is 1. The Morgan fingerprint density at radius 2 is 2.16 bits per heavy atom. The monoisotopic (exact) mass is 274 g/mol. The van der Waals surface area contributed by atoms with E-state index in [0.29, 0.717) is 10.6 Å². The van der Waals surface area contributed by atoms with E-state index in [-0.39, 0.29) is 11.8 Å². The van der Waals surface area contributed by atoms with Crippen LogP contribution in [-0.4, -0.2) is 5.11 Å². The topological polar surface area (TPSA) is 58.4 Å². The summed E-state index contributed by atoms with van der Waals surface area (Å²) >= 11 is 5.96. The largest absolute Gasteiger partial charge is 0.507 e. The Hall–Kier alpha value is -2.04. The van der Waals surface area contributed by atoms with Crippen LogP contribution in [0.2, 0.25) is 5.02 Å². The van der Waals surface area contributed by atoms with Crippen LogP contribution in [0.25, 0.3) is 5.70 Å². The maximum Gasteiger partial charge on any atom is 0.172 e. The fourth-order valence-corrected chi connectivity index (χ4v) is 2.24. The van der Waals surface area contributed by atoms with Gasteiger partial charge in [-0.1, -0.05) is 11.6 Å². The summed E-state index contributed by atoms with van der Waals surface area (Å²) in [6.45, 7) is 0. The number of aromatic nitrogens is 1. The number of H-pyrrole nitrogens is 1. The van der Waals surface area contributed by atoms with Gasteiger partial charge in [-0.3, -0.25) is 0 Å². The number of aromatic hydroxyl groups is 1. The van der Waals surface area contributed by atoms with E-state index >= 15 is 0 Å². The van der Waals surface area contributed by atoms with E-state index in [9.17, 15) is 5.11 Å². The molecule has 96 valence electrons. The molecule has 1 aromatic carbocycles. The molecule has 2 aromatic rings. The molecule has 0 saturated carbocycles. The second-order valence-electron chi connectivity index (χ2n) is 4.33. The fourth-order valence-electron chi connectivity index (χ4n) is 2.07. The third kappa shape index (κ3) is 2.41. The Bertz CT molecular complexity index is 628. The zero-order chi connectivity index (χ0) is 13.2.